The number of nitrogens with one attached hydrogen (secondary N) is 2. The molecule has 6 heteroatoms. The van der Waals surface area contributed by atoms with Crippen LogP contribution in [-0.4, -0.2) is 11.8 Å². The first-order valence-corrected chi connectivity index (χ1v) is 7.24. The van der Waals surface area contributed by atoms with Crippen molar-refractivity contribution in [3.8, 4) is 0 Å². The van der Waals surface area contributed by atoms with Gasteiger partial charge in [-0.1, -0.05) is 23.7 Å². The zero-order valence-electron chi connectivity index (χ0n) is 12.4. The van der Waals surface area contributed by atoms with Crippen molar-refractivity contribution in [3.63, 3.8) is 0 Å². The second kappa shape index (κ2) is 7.13. The highest BCUT2D eigenvalue weighted by Gasteiger charge is 2.13. The first-order valence-electron chi connectivity index (χ1n) is 6.86. The molecule has 0 spiro atoms. The van der Waals surface area contributed by atoms with E-state index in [0.717, 1.165) is 5.56 Å². The van der Waals surface area contributed by atoms with Gasteiger partial charge in [0.05, 0.1) is 5.56 Å². The number of amides is 2. The van der Waals surface area contributed by atoms with Crippen molar-refractivity contribution in [3.05, 3.63) is 58.0 Å². The van der Waals surface area contributed by atoms with Gasteiger partial charge in [-0.05, 0) is 44.0 Å². The van der Waals surface area contributed by atoms with Crippen molar-refractivity contribution in [2.24, 2.45) is 0 Å². The number of carbonyl (C=O) groups excluding carboxylic acids is 2. The predicted molar refractivity (Wildman–Crippen MR) is 83.6 cm³/mol. The number of hydrogen-bond donors (Lipinski definition) is 2. The lowest BCUT2D eigenvalue weighted by molar-refractivity contribution is -0.121. The van der Waals surface area contributed by atoms with E-state index in [0.29, 0.717) is 28.5 Å². The third-order valence-electron chi connectivity index (χ3n) is 3.16. The highest BCUT2D eigenvalue weighted by atomic mass is 35.5. The largest absolute Gasteiger partial charge is 0.466 e. The first-order chi connectivity index (χ1) is 10.5. The Morgan fingerprint density at radius 1 is 1.14 bits per heavy atom. The molecule has 0 radical (unpaired) electrons. The summed E-state index contributed by atoms with van der Waals surface area (Å²) in [6, 6.07) is 8.92. The van der Waals surface area contributed by atoms with Crippen molar-refractivity contribution in [1.29, 1.82) is 0 Å². The van der Waals surface area contributed by atoms with E-state index >= 15 is 0 Å². The summed E-state index contributed by atoms with van der Waals surface area (Å²) in [6.45, 7) is 3.46. The fourth-order valence-corrected chi connectivity index (χ4v) is 2.15. The average molecular weight is 321 g/mol. The Labute approximate surface area is 133 Å². The summed E-state index contributed by atoms with van der Waals surface area (Å²) in [6.07, 6.45) is 0.841. The van der Waals surface area contributed by atoms with Gasteiger partial charge in [-0.15, -0.1) is 0 Å². The van der Waals surface area contributed by atoms with Gasteiger partial charge in [-0.25, -0.2) is 0 Å². The van der Waals surface area contributed by atoms with Gasteiger partial charge in [0, 0.05) is 11.4 Å². The Kier molecular flexibility index (Phi) is 5.22. The van der Waals surface area contributed by atoms with E-state index < -0.39 is 5.91 Å². The van der Waals surface area contributed by atoms with Gasteiger partial charge in [0.25, 0.3) is 5.91 Å². The van der Waals surface area contributed by atoms with Crippen LogP contribution in [0.5, 0.6) is 0 Å². The van der Waals surface area contributed by atoms with Gasteiger partial charge >= 0.3 is 0 Å². The maximum atomic E-state index is 11.9. The maximum Gasteiger partial charge on any atom is 0.273 e. The van der Waals surface area contributed by atoms with Crippen molar-refractivity contribution >= 4 is 23.4 Å². The van der Waals surface area contributed by atoms with E-state index in [1.165, 1.54) is 0 Å². The molecular formula is C16H17ClN2O3. The lowest BCUT2D eigenvalue weighted by Crippen LogP contribution is -2.41. The molecule has 1 aromatic heterocycles. The average Bonchev–Trinajstić information content (AvgIpc) is 2.83. The molecule has 0 aliphatic carbocycles. The smallest absolute Gasteiger partial charge is 0.273 e. The van der Waals surface area contributed by atoms with Crippen molar-refractivity contribution in [2.75, 3.05) is 0 Å². The van der Waals surface area contributed by atoms with Crippen LogP contribution in [0.25, 0.3) is 0 Å². The van der Waals surface area contributed by atoms with Crippen LogP contribution >= 0.6 is 11.6 Å². The van der Waals surface area contributed by atoms with E-state index in [1.54, 1.807) is 32.0 Å². The quantitative estimate of drug-likeness (QED) is 0.851. The monoisotopic (exact) mass is 320 g/mol. The number of furan rings is 1. The maximum absolute atomic E-state index is 11.9. The van der Waals surface area contributed by atoms with Crippen LogP contribution < -0.4 is 10.9 Å². The standard InChI is InChI=1S/C16H17ClN2O3/c1-10-9-14(11(2)22-10)16(21)19-18-15(20)8-5-12-3-6-13(17)7-4-12/h3-4,6-7,9H,5,8H2,1-2H3,(H,18,20)(H,19,21). The molecule has 0 saturated heterocycles. The Morgan fingerprint density at radius 2 is 1.82 bits per heavy atom. The topological polar surface area (TPSA) is 71.3 Å². The number of aryl methyl sites for hydroxylation is 3. The molecule has 22 heavy (non-hydrogen) atoms. The number of rotatable bonds is 4. The number of benzene rings is 1. The lowest BCUT2D eigenvalue weighted by atomic mass is 10.1. The molecule has 2 rings (SSSR count). The minimum absolute atomic E-state index is 0.263. The van der Waals surface area contributed by atoms with Crippen molar-refractivity contribution in [1.82, 2.24) is 10.9 Å². The molecule has 1 heterocycles. The van der Waals surface area contributed by atoms with E-state index in [4.69, 9.17) is 16.0 Å². The van der Waals surface area contributed by atoms with Crippen LogP contribution in [0.1, 0.15) is 33.9 Å². The molecule has 2 aromatic rings. The Balaban J connectivity index is 1.79. The van der Waals surface area contributed by atoms with Crippen molar-refractivity contribution < 1.29 is 14.0 Å². The van der Waals surface area contributed by atoms with Crippen LogP contribution in [0.3, 0.4) is 0 Å². The minimum Gasteiger partial charge on any atom is -0.466 e. The minimum atomic E-state index is -0.394. The highest BCUT2D eigenvalue weighted by Crippen LogP contribution is 2.13. The van der Waals surface area contributed by atoms with Crippen LogP contribution in [-0.2, 0) is 11.2 Å². The third kappa shape index (κ3) is 4.36. The third-order valence-corrected chi connectivity index (χ3v) is 3.41. The summed E-state index contributed by atoms with van der Waals surface area (Å²) in [4.78, 5) is 23.6. The zero-order chi connectivity index (χ0) is 16.1. The van der Waals surface area contributed by atoms with E-state index in [-0.39, 0.29) is 12.3 Å². The normalized spacial score (nSPS) is 10.3. The van der Waals surface area contributed by atoms with Gasteiger partial charge in [-0.2, -0.15) is 0 Å². The lowest BCUT2D eigenvalue weighted by Gasteiger charge is -2.07. The van der Waals surface area contributed by atoms with E-state index in [9.17, 15) is 9.59 Å². The molecule has 5 nitrogen and oxygen atoms in total. The predicted octanol–water partition coefficient (Wildman–Crippen LogP) is 2.94. The second-order valence-electron chi connectivity index (χ2n) is 4.96. The summed E-state index contributed by atoms with van der Waals surface area (Å²) >= 11 is 5.80. The molecule has 2 N–H and O–H groups in total. The summed E-state index contributed by atoms with van der Waals surface area (Å²) < 4.78 is 5.27. The van der Waals surface area contributed by atoms with Crippen LogP contribution in [0.15, 0.2) is 34.7 Å². The summed E-state index contributed by atoms with van der Waals surface area (Å²) in [7, 11) is 0. The number of carbonyl (C=O) groups is 2. The van der Waals surface area contributed by atoms with Gasteiger partial charge in [-0.3, -0.25) is 20.4 Å². The molecule has 116 valence electrons. The molecule has 0 aliphatic rings. The Morgan fingerprint density at radius 3 is 2.41 bits per heavy atom. The number of halogens is 1. The molecular weight excluding hydrogens is 304 g/mol. The molecule has 0 saturated carbocycles. The molecule has 1 aromatic carbocycles. The SMILES string of the molecule is Cc1cc(C(=O)NNC(=O)CCc2ccc(Cl)cc2)c(C)o1. The van der Waals surface area contributed by atoms with Gasteiger partial charge in [0.2, 0.25) is 5.91 Å². The number of hydrazine groups is 1. The van der Waals surface area contributed by atoms with Gasteiger partial charge < -0.3 is 4.42 Å². The van der Waals surface area contributed by atoms with Gasteiger partial charge in [0.15, 0.2) is 0 Å². The van der Waals surface area contributed by atoms with Crippen LogP contribution in [0, 0.1) is 13.8 Å². The number of hydrogen-bond acceptors (Lipinski definition) is 3. The van der Waals surface area contributed by atoms with Crippen LogP contribution in [0.2, 0.25) is 5.02 Å². The fraction of sp³-hybridized carbons (Fsp3) is 0.250. The summed E-state index contributed by atoms with van der Waals surface area (Å²) in [5, 5.41) is 0.659. The Hall–Kier alpha value is -2.27. The van der Waals surface area contributed by atoms with E-state index in [1.807, 2.05) is 12.1 Å². The molecule has 0 aliphatic heterocycles. The zero-order valence-corrected chi connectivity index (χ0v) is 13.2. The first kappa shape index (κ1) is 16.1. The van der Waals surface area contributed by atoms with Gasteiger partial charge in [0.1, 0.15) is 11.5 Å². The van der Waals surface area contributed by atoms with Crippen molar-refractivity contribution in [2.45, 2.75) is 26.7 Å². The van der Waals surface area contributed by atoms with E-state index in [2.05, 4.69) is 10.9 Å². The highest BCUT2D eigenvalue weighted by molar-refractivity contribution is 6.30. The molecule has 0 fully saturated rings. The molecule has 0 unspecified atom stereocenters. The molecule has 0 atom stereocenters. The Bertz CT molecular complexity index is 677. The van der Waals surface area contributed by atoms with Crippen LogP contribution in [0.4, 0.5) is 0 Å². The summed E-state index contributed by atoms with van der Waals surface area (Å²) in [5.74, 6) is 0.512. The fourth-order valence-electron chi connectivity index (χ4n) is 2.02. The molecule has 0 bridgehead atoms. The summed E-state index contributed by atoms with van der Waals surface area (Å²) in [5.41, 5.74) is 6.19. The molecule has 2 amide bonds. The second-order valence-corrected chi connectivity index (χ2v) is 5.39.